The summed E-state index contributed by atoms with van der Waals surface area (Å²) < 4.78 is 5.44. The van der Waals surface area contributed by atoms with E-state index < -0.39 is 0 Å². The topological polar surface area (TPSA) is 38.5 Å². The Labute approximate surface area is 111 Å². The molecule has 0 saturated carbocycles. The van der Waals surface area contributed by atoms with Crippen molar-refractivity contribution >= 4 is 5.69 Å². The first kappa shape index (κ1) is 15.0. The average Bonchev–Trinajstić information content (AvgIpc) is 2.43. The van der Waals surface area contributed by atoms with Crippen LogP contribution in [-0.2, 0) is 4.74 Å². The summed E-state index contributed by atoms with van der Waals surface area (Å²) >= 11 is 0. The molecule has 102 valence electrons. The summed E-state index contributed by atoms with van der Waals surface area (Å²) in [5.41, 5.74) is 8.66. The number of nitrogens with zero attached hydrogens (tertiary/aromatic N) is 1. The number of anilines is 1. The molecule has 0 spiro atoms. The molecule has 3 heteroatoms. The van der Waals surface area contributed by atoms with Crippen molar-refractivity contribution in [3.8, 4) is 0 Å². The van der Waals surface area contributed by atoms with Gasteiger partial charge in [0.05, 0.1) is 6.61 Å². The van der Waals surface area contributed by atoms with Crippen LogP contribution in [0.3, 0.4) is 0 Å². The third-order valence-corrected chi connectivity index (χ3v) is 3.21. The van der Waals surface area contributed by atoms with E-state index in [4.69, 9.17) is 10.5 Å². The predicted molar refractivity (Wildman–Crippen MR) is 78.0 cm³/mol. The average molecular weight is 250 g/mol. The Hall–Kier alpha value is -1.06. The van der Waals surface area contributed by atoms with Crippen LogP contribution in [0.2, 0.25) is 0 Å². The van der Waals surface area contributed by atoms with Gasteiger partial charge >= 0.3 is 0 Å². The lowest BCUT2D eigenvalue weighted by Crippen LogP contribution is -2.29. The molecule has 1 aromatic rings. The molecular formula is C15H26N2O. The quantitative estimate of drug-likeness (QED) is 0.721. The first-order chi connectivity index (χ1) is 8.74. The maximum absolute atomic E-state index is 6.18. The molecule has 0 heterocycles. The fraction of sp³-hybridized carbons (Fsp3) is 0.600. The van der Waals surface area contributed by atoms with Crippen molar-refractivity contribution in [1.29, 1.82) is 0 Å². The second kappa shape index (κ2) is 8.11. The van der Waals surface area contributed by atoms with Gasteiger partial charge in [0.1, 0.15) is 0 Å². The van der Waals surface area contributed by atoms with Gasteiger partial charge in [0, 0.05) is 31.4 Å². The lowest BCUT2D eigenvalue weighted by atomic mass is 10.0. The van der Waals surface area contributed by atoms with E-state index in [1.165, 1.54) is 11.3 Å². The van der Waals surface area contributed by atoms with Crippen LogP contribution in [0.4, 0.5) is 5.69 Å². The van der Waals surface area contributed by atoms with Crippen LogP contribution < -0.4 is 10.6 Å². The Balaban J connectivity index is 2.83. The Morgan fingerprint density at radius 2 is 1.94 bits per heavy atom. The summed E-state index contributed by atoms with van der Waals surface area (Å²) in [6, 6.07) is 8.53. The van der Waals surface area contributed by atoms with Crippen molar-refractivity contribution in [2.24, 2.45) is 5.73 Å². The number of nitrogens with two attached hydrogens (primary N) is 1. The Morgan fingerprint density at radius 1 is 1.22 bits per heavy atom. The van der Waals surface area contributed by atoms with E-state index in [1.54, 1.807) is 0 Å². The zero-order valence-electron chi connectivity index (χ0n) is 11.9. The van der Waals surface area contributed by atoms with Crippen LogP contribution >= 0.6 is 0 Å². The van der Waals surface area contributed by atoms with E-state index in [0.717, 1.165) is 32.7 Å². The minimum absolute atomic E-state index is 0.113. The number of ether oxygens (including phenoxy) is 1. The zero-order valence-corrected chi connectivity index (χ0v) is 11.9. The van der Waals surface area contributed by atoms with Crippen LogP contribution in [0.15, 0.2) is 24.3 Å². The maximum atomic E-state index is 6.18. The summed E-state index contributed by atoms with van der Waals surface area (Å²) in [6.07, 6.45) is 0.958. The molecule has 0 radical (unpaired) electrons. The molecule has 0 unspecified atom stereocenters. The molecule has 0 aromatic heterocycles. The highest BCUT2D eigenvalue weighted by Crippen LogP contribution is 2.26. The lowest BCUT2D eigenvalue weighted by Gasteiger charge is -2.27. The minimum Gasteiger partial charge on any atom is -0.380 e. The summed E-state index contributed by atoms with van der Waals surface area (Å²) in [5.74, 6) is 0. The molecule has 2 N–H and O–H groups in total. The molecule has 1 aromatic carbocycles. The SMILES string of the molecule is CCOCCN(CC)c1ccccc1[C@@H](N)CC. The molecule has 1 atom stereocenters. The molecule has 18 heavy (non-hydrogen) atoms. The van der Waals surface area contributed by atoms with Crippen molar-refractivity contribution in [3.05, 3.63) is 29.8 Å². The number of benzene rings is 1. The Kier molecular flexibility index (Phi) is 6.76. The molecule has 1 rings (SSSR count). The molecule has 0 bridgehead atoms. The molecule has 0 fully saturated rings. The molecule has 3 nitrogen and oxygen atoms in total. The number of likely N-dealkylation sites (N-methyl/N-ethyl adjacent to an activating group) is 1. The Bertz CT molecular complexity index is 341. The summed E-state index contributed by atoms with van der Waals surface area (Å²) in [5, 5.41) is 0. The van der Waals surface area contributed by atoms with E-state index in [0.29, 0.717) is 0 Å². The number of para-hydroxylation sites is 1. The van der Waals surface area contributed by atoms with E-state index in [1.807, 2.05) is 6.92 Å². The van der Waals surface area contributed by atoms with Crippen LogP contribution in [-0.4, -0.2) is 26.3 Å². The number of hydrogen-bond acceptors (Lipinski definition) is 3. The van der Waals surface area contributed by atoms with Crippen LogP contribution in [0.1, 0.15) is 38.8 Å². The molecule has 0 aliphatic carbocycles. The summed E-state index contributed by atoms with van der Waals surface area (Å²) in [7, 11) is 0. The van der Waals surface area contributed by atoms with Gasteiger partial charge in [0.25, 0.3) is 0 Å². The van der Waals surface area contributed by atoms with Crippen LogP contribution in [0, 0.1) is 0 Å². The standard InChI is InChI=1S/C15H26N2O/c1-4-14(16)13-9-7-8-10-15(13)17(5-2)11-12-18-6-3/h7-10,14H,4-6,11-12,16H2,1-3H3/t14-/m0/s1. The van der Waals surface area contributed by atoms with Gasteiger partial charge in [-0.1, -0.05) is 25.1 Å². The van der Waals surface area contributed by atoms with E-state index in [2.05, 4.69) is 43.0 Å². The molecule has 0 amide bonds. The third-order valence-electron chi connectivity index (χ3n) is 3.21. The third kappa shape index (κ3) is 4.00. The van der Waals surface area contributed by atoms with Crippen LogP contribution in [0.5, 0.6) is 0 Å². The molecule has 0 aliphatic rings. The van der Waals surface area contributed by atoms with E-state index >= 15 is 0 Å². The van der Waals surface area contributed by atoms with Gasteiger partial charge in [0.2, 0.25) is 0 Å². The number of hydrogen-bond donors (Lipinski definition) is 1. The normalized spacial score (nSPS) is 12.4. The van der Waals surface area contributed by atoms with Gasteiger partial charge in [-0.25, -0.2) is 0 Å². The largest absolute Gasteiger partial charge is 0.380 e. The van der Waals surface area contributed by atoms with Crippen LogP contribution in [0.25, 0.3) is 0 Å². The van der Waals surface area contributed by atoms with Crippen molar-refractivity contribution in [2.75, 3.05) is 31.2 Å². The van der Waals surface area contributed by atoms with Gasteiger partial charge in [-0.05, 0) is 31.9 Å². The van der Waals surface area contributed by atoms with E-state index in [-0.39, 0.29) is 6.04 Å². The first-order valence-electron chi connectivity index (χ1n) is 6.91. The van der Waals surface area contributed by atoms with Crippen molar-refractivity contribution in [2.45, 2.75) is 33.2 Å². The highest BCUT2D eigenvalue weighted by Gasteiger charge is 2.13. The highest BCUT2D eigenvalue weighted by molar-refractivity contribution is 5.54. The van der Waals surface area contributed by atoms with Gasteiger partial charge in [0.15, 0.2) is 0 Å². The minimum atomic E-state index is 0.113. The smallest absolute Gasteiger partial charge is 0.0641 e. The second-order valence-corrected chi connectivity index (χ2v) is 4.35. The molecular weight excluding hydrogens is 224 g/mol. The highest BCUT2D eigenvalue weighted by atomic mass is 16.5. The van der Waals surface area contributed by atoms with Crippen molar-refractivity contribution in [1.82, 2.24) is 0 Å². The predicted octanol–water partition coefficient (Wildman–Crippen LogP) is 2.96. The van der Waals surface area contributed by atoms with Gasteiger partial charge in [-0.2, -0.15) is 0 Å². The van der Waals surface area contributed by atoms with Gasteiger partial charge < -0.3 is 15.4 Å². The van der Waals surface area contributed by atoms with E-state index in [9.17, 15) is 0 Å². The molecule has 0 saturated heterocycles. The lowest BCUT2D eigenvalue weighted by molar-refractivity contribution is 0.154. The first-order valence-corrected chi connectivity index (χ1v) is 6.91. The van der Waals surface area contributed by atoms with Gasteiger partial charge in [-0.3, -0.25) is 0 Å². The maximum Gasteiger partial charge on any atom is 0.0641 e. The zero-order chi connectivity index (χ0) is 13.4. The van der Waals surface area contributed by atoms with Crippen molar-refractivity contribution < 1.29 is 4.74 Å². The fourth-order valence-electron chi connectivity index (χ4n) is 2.08. The second-order valence-electron chi connectivity index (χ2n) is 4.35. The fourth-order valence-corrected chi connectivity index (χ4v) is 2.08. The summed E-state index contributed by atoms with van der Waals surface area (Å²) in [4.78, 5) is 2.33. The monoisotopic (exact) mass is 250 g/mol. The Morgan fingerprint density at radius 3 is 2.56 bits per heavy atom. The van der Waals surface area contributed by atoms with Gasteiger partial charge in [-0.15, -0.1) is 0 Å². The number of rotatable bonds is 8. The molecule has 0 aliphatic heterocycles. The summed E-state index contributed by atoms with van der Waals surface area (Å²) in [6.45, 7) is 9.74. The van der Waals surface area contributed by atoms with Crippen molar-refractivity contribution in [3.63, 3.8) is 0 Å².